The van der Waals surface area contributed by atoms with Gasteiger partial charge in [0.1, 0.15) is 12.6 Å². The van der Waals surface area contributed by atoms with Crippen molar-refractivity contribution in [3.63, 3.8) is 0 Å². The number of sulfonamides is 1. The van der Waals surface area contributed by atoms with Crippen molar-refractivity contribution in [3.05, 3.63) is 92.4 Å². The molecule has 3 rings (SSSR count). The third kappa shape index (κ3) is 8.08. The summed E-state index contributed by atoms with van der Waals surface area (Å²) in [6, 6.07) is 16.1. The van der Waals surface area contributed by atoms with Crippen molar-refractivity contribution in [1.29, 1.82) is 0 Å². The second-order valence-corrected chi connectivity index (χ2v) is 12.9. The summed E-state index contributed by atoms with van der Waals surface area (Å²) in [6.07, 6.45) is 0.970. The van der Waals surface area contributed by atoms with E-state index in [-0.39, 0.29) is 50.6 Å². The first-order valence-corrected chi connectivity index (χ1v) is 15.9. The summed E-state index contributed by atoms with van der Waals surface area (Å²) in [5, 5.41) is 3.65. The monoisotopic (exact) mass is 657 g/mol. The van der Waals surface area contributed by atoms with Crippen LogP contribution < -0.4 is 9.62 Å². The fourth-order valence-electron chi connectivity index (χ4n) is 4.11. The van der Waals surface area contributed by atoms with Crippen LogP contribution in [-0.2, 0) is 26.2 Å². The van der Waals surface area contributed by atoms with Gasteiger partial charge in [-0.2, -0.15) is 0 Å². The van der Waals surface area contributed by atoms with Gasteiger partial charge >= 0.3 is 0 Å². The van der Waals surface area contributed by atoms with Gasteiger partial charge in [-0.3, -0.25) is 13.9 Å². The van der Waals surface area contributed by atoms with Crippen molar-refractivity contribution in [1.82, 2.24) is 10.2 Å². The topological polar surface area (TPSA) is 86.8 Å². The van der Waals surface area contributed by atoms with Gasteiger partial charge in [-0.25, -0.2) is 8.42 Å². The molecule has 1 N–H and O–H groups in total. The average molecular weight is 659 g/mol. The highest BCUT2D eigenvalue weighted by molar-refractivity contribution is 7.92. The third-order valence-electron chi connectivity index (χ3n) is 6.53. The van der Waals surface area contributed by atoms with E-state index in [0.29, 0.717) is 17.0 Å². The number of benzene rings is 3. The first-order chi connectivity index (χ1) is 19.4. The predicted octanol–water partition coefficient (Wildman–Crippen LogP) is 7.22. The number of nitrogens with one attached hydrogen (secondary N) is 1. The van der Waals surface area contributed by atoms with Crippen LogP contribution in [0, 0.1) is 0 Å². The van der Waals surface area contributed by atoms with Crippen LogP contribution in [0.4, 0.5) is 5.69 Å². The Hall–Kier alpha value is -2.49. The Morgan fingerprint density at radius 1 is 0.854 bits per heavy atom. The minimum Gasteiger partial charge on any atom is -0.352 e. The maximum absolute atomic E-state index is 14.1. The van der Waals surface area contributed by atoms with E-state index < -0.39 is 28.5 Å². The largest absolute Gasteiger partial charge is 0.352 e. The second kappa shape index (κ2) is 14.6. The lowest BCUT2D eigenvalue weighted by Crippen LogP contribution is -2.53. The molecule has 0 heterocycles. The van der Waals surface area contributed by atoms with Gasteiger partial charge < -0.3 is 10.2 Å². The SMILES string of the molecule is CC[C@H](C)NC(=O)[C@H](CC)N(Cc1ccc(Cl)c(Cl)c1)C(=O)CN(c1cccc(Cl)c1Cl)S(=O)(=O)c1ccccc1. The molecule has 0 spiro atoms. The van der Waals surface area contributed by atoms with E-state index in [9.17, 15) is 18.0 Å². The molecule has 3 aromatic carbocycles. The van der Waals surface area contributed by atoms with E-state index in [1.54, 1.807) is 49.4 Å². The Balaban J connectivity index is 2.11. The first-order valence-electron chi connectivity index (χ1n) is 13.0. The zero-order valence-corrected chi connectivity index (χ0v) is 26.6. The molecular weight excluding hydrogens is 628 g/mol. The number of amides is 2. The number of anilines is 1. The van der Waals surface area contributed by atoms with Crippen LogP contribution in [0.1, 0.15) is 39.2 Å². The molecule has 0 fully saturated rings. The van der Waals surface area contributed by atoms with E-state index >= 15 is 0 Å². The molecule has 0 bridgehead atoms. The van der Waals surface area contributed by atoms with Gasteiger partial charge in [-0.15, -0.1) is 0 Å². The molecule has 2 atom stereocenters. The molecule has 0 aromatic heterocycles. The Kier molecular flexibility index (Phi) is 11.8. The van der Waals surface area contributed by atoms with Gasteiger partial charge in [0.25, 0.3) is 10.0 Å². The zero-order valence-electron chi connectivity index (χ0n) is 22.8. The summed E-state index contributed by atoms with van der Waals surface area (Å²) in [6.45, 7) is 4.91. The maximum atomic E-state index is 14.1. The van der Waals surface area contributed by atoms with Crippen LogP contribution in [0.5, 0.6) is 0 Å². The van der Waals surface area contributed by atoms with Crippen LogP contribution in [0.2, 0.25) is 20.1 Å². The van der Waals surface area contributed by atoms with Crippen molar-refractivity contribution < 1.29 is 18.0 Å². The summed E-state index contributed by atoms with van der Waals surface area (Å²) in [4.78, 5) is 28.8. The number of nitrogens with zero attached hydrogens (tertiary/aromatic N) is 2. The first kappa shape index (κ1) is 33.0. The highest BCUT2D eigenvalue weighted by Crippen LogP contribution is 2.35. The van der Waals surface area contributed by atoms with Crippen molar-refractivity contribution in [3.8, 4) is 0 Å². The Morgan fingerprint density at radius 3 is 2.15 bits per heavy atom. The minimum absolute atomic E-state index is 0.0232. The summed E-state index contributed by atoms with van der Waals surface area (Å²) < 4.78 is 28.7. The van der Waals surface area contributed by atoms with E-state index in [1.165, 1.54) is 29.2 Å². The van der Waals surface area contributed by atoms with Gasteiger partial charge in [0, 0.05) is 12.6 Å². The van der Waals surface area contributed by atoms with Crippen molar-refractivity contribution in [2.75, 3.05) is 10.8 Å². The highest BCUT2D eigenvalue weighted by Gasteiger charge is 2.35. The number of halogens is 4. The highest BCUT2D eigenvalue weighted by atomic mass is 35.5. The fraction of sp³-hybridized carbons (Fsp3) is 0.310. The van der Waals surface area contributed by atoms with Crippen LogP contribution in [0.3, 0.4) is 0 Å². The molecule has 0 radical (unpaired) electrons. The summed E-state index contributed by atoms with van der Waals surface area (Å²) in [7, 11) is -4.28. The molecule has 3 aromatic rings. The smallest absolute Gasteiger partial charge is 0.264 e. The standard InChI is InChI=1S/C29H31Cl4N3O4S/c1-4-19(3)34-29(38)25(5-2)35(17-20-14-15-22(30)24(32)16-20)27(37)18-36(26-13-9-12-23(31)28(26)33)41(39,40)21-10-7-6-8-11-21/h6-16,19,25H,4-5,17-18H2,1-3H3,(H,34,38)/t19-,25-/m0/s1. The van der Waals surface area contributed by atoms with Crippen molar-refractivity contribution in [2.24, 2.45) is 0 Å². The minimum atomic E-state index is -4.28. The normalized spacial score (nSPS) is 12.9. The Morgan fingerprint density at radius 2 is 1.54 bits per heavy atom. The lowest BCUT2D eigenvalue weighted by Gasteiger charge is -2.34. The quantitative estimate of drug-likeness (QED) is 0.223. The van der Waals surface area contributed by atoms with Gasteiger partial charge in [0.05, 0.1) is 30.7 Å². The molecule has 0 saturated carbocycles. The molecular formula is C29H31Cl4N3O4S. The molecule has 0 aliphatic carbocycles. The van der Waals surface area contributed by atoms with E-state index in [2.05, 4.69) is 5.32 Å². The third-order valence-corrected chi connectivity index (χ3v) is 9.86. The number of hydrogen-bond donors (Lipinski definition) is 1. The summed E-state index contributed by atoms with van der Waals surface area (Å²) >= 11 is 25.0. The zero-order chi connectivity index (χ0) is 30.3. The summed E-state index contributed by atoms with van der Waals surface area (Å²) in [5.74, 6) is -0.980. The molecule has 41 heavy (non-hydrogen) atoms. The molecule has 0 aliphatic rings. The number of hydrogen-bond acceptors (Lipinski definition) is 4. The van der Waals surface area contributed by atoms with Crippen molar-refractivity contribution in [2.45, 2.75) is 57.1 Å². The van der Waals surface area contributed by atoms with Gasteiger partial charge in [-0.1, -0.05) is 90.6 Å². The Bertz CT molecular complexity index is 1490. The van der Waals surface area contributed by atoms with Crippen LogP contribution in [-0.4, -0.2) is 43.8 Å². The maximum Gasteiger partial charge on any atom is 0.264 e. The van der Waals surface area contributed by atoms with Gasteiger partial charge in [-0.05, 0) is 61.7 Å². The van der Waals surface area contributed by atoms with Crippen molar-refractivity contribution >= 4 is 73.9 Å². The summed E-state index contributed by atoms with van der Waals surface area (Å²) in [5.41, 5.74) is 0.642. The second-order valence-electron chi connectivity index (χ2n) is 9.41. The van der Waals surface area contributed by atoms with Crippen LogP contribution in [0.15, 0.2) is 71.6 Å². The molecule has 220 valence electrons. The number of carbonyl (C=O) groups excluding carboxylic acids is 2. The molecule has 2 amide bonds. The molecule has 0 unspecified atom stereocenters. The van der Waals surface area contributed by atoms with Gasteiger partial charge in [0.15, 0.2) is 0 Å². The predicted molar refractivity (Wildman–Crippen MR) is 166 cm³/mol. The van der Waals surface area contributed by atoms with Crippen LogP contribution >= 0.6 is 46.4 Å². The molecule has 7 nitrogen and oxygen atoms in total. The molecule has 12 heteroatoms. The average Bonchev–Trinajstić information content (AvgIpc) is 2.95. The Labute approximate surface area is 261 Å². The lowest BCUT2D eigenvalue weighted by atomic mass is 10.1. The lowest BCUT2D eigenvalue weighted by molar-refractivity contribution is -0.140. The molecule has 0 aliphatic heterocycles. The fourth-order valence-corrected chi connectivity index (χ4v) is 6.33. The number of rotatable bonds is 12. The molecule has 0 saturated heterocycles. The van der Waals surface area contributed by atoms with E-state index in [0.717, 1.165) is 4.31 Å². The van der Waals surface area contributed by atoms with Crippen LogP contribution in [0.25, 0.3) is 0 Å². The van der Waals surface area contributed by atoms with E-state index in [1.807, 2.05) is 13.8 Å². The number of carbonyl (C=O) groups is 2. The van der Waals surface area contributed by atoms with E-state index in [4.69, 9.17) is 46.4 Å². The van der Waals surface area contributed by atoms with Gasteiger partial charge in [0.2, 0.25) is 11.8 Å².